The Morgan fingerprint density at radius 2 is 1.95 bits per heavy atom. The second-order valence-electron chi connectivity index (χ2n) is 5.27. The van der Waals surface area contributed by atoms with Crippen LogP contribution in [0.15, 0.2) is 29.2 Å². The van der Waals surface area contributed by atoms with Crippen molar-refractivity contribution in [3.8, 4) is 5.75 Å². The van der Waals surface area contributed by atoms with E-state index >= 15 is 0 Å². The second-order valence-corrected chi connectivity index (χ2v) is 7.16. The first kappa shape index (κ1) is 16.3. The molecule has 5 nitrogen and oxygen atoms in total. The molecule has 2 rings (SSSR count). The SMILES string of the molecule is CCCN(C1CC1)S(=O)(=O)c1ccc(OCCNC)cc1. The van der Waals surface area contributed by atoms with Crippen LogP contribution in [-0.2, 0) is 10.0 Å². The van der Waals surface area contributed by atoms with E-state index in [1.807, 2.05) is 14.0 Å². The lowest BCUT2D eigenvalue weighted by molar-refractivity contribution is 0.318. The van der Waals surface area contributed by atoms with E-state index in [0.29, 0.717) is 23.8 Å². The Balaban J connectivity index is 2.08. The molecule has 21 heavy (non-hydrogen) atoms. The standard InChI is InChI=1S/C15H24N2O3S/c1-3-11-17(13-4-5-13)21(18,19)15-8-6-14(7-9-15)20-12-10-16-2/h6-9,13,16H,3-5,10-12H2,1-2H3. The monoisotopic (exact) mass is 312 g/mol. The number of hydrogen-bond donors (Lipinski definition) is 1. The van der Waals surface area contributed by atoms with Crippen LogP contribution in [0.4, 0.5) is 0 Å². The molecular formula is C15H24N2O3S. The molecule has 0 spiro atoms. The van der Waals surface area contributed by atoms with E-state index in [1.165, 1.54) is 0 Å². The van der Waals surface area contributed by atoms with Crippen LogP contribution >= 0.6 is 0 Å². The Morgan fingerprint density at radius 3 is 2.48 bits per heavy atom. The fraction of sp³-hybridized carbons (Fsp3) is 0.600. The number of benzene rings is 1. The van der Waals surface area contributed by atoms with Crippen molar-refractivity contribution in [2.75, 3.05) is 26.7 Å². The topological polar surface area (TPSA) is 58.6 Å². The van der Waals surface area contributed by atoms with E-state index in [-0.39, 0.29) is 6.04 Å². The van der Waals surface area contributed by atoms with E-state index in [1.54, 1.807) is 28.6 Å². The number of likely N-dealkylation sites (N-methyl/N-ethyl adjacent to an activating group) is 1. The molecule has 0 unspecified atom stereocenters. The zero-order valence-corrected chi connectivity index (χ0v) is 13.5. The molecule has 0 bridgehead atoms. The second kappa shape index (κ2) is 7.24. The third-order valence-electron chi connectivity index (χ3n) is 3.45. The average Bonchev–Trinajstić information content (AvgIpc) is 3.30. The summed E-state index contributed by atoms with van der Waals surface area (Å²) in [7, 11) is -1.52. The number of nitrogens with one attached hydrogen (secondary N) is 1. The fourth-order valence-electron chi connectivity index (χ4n) is 2.20. The van der Waals surface area contributed by atoms with Crippen molar-refractivity contribution in [1.29, 1.82) is 0 Å². The molecule has 0 atom stereocenters. The Bertz CT molecular complexity index is 539. The summed E-state index contributed by atoms with van der Waals surface area (Å²) >= 11 is 0. The largest absolute Gasteiger partial charge is 0.492 e. The van der Waals surface area contributed by atoms with E-state index < -0.39 is 10.0 Å². The van der Waals surface area contributed by atoms with Gasteiger partial charge < -0.3 is 10.1 Å². The van der Waals surface area contributed by atoms with E-state index in [9.17, 15) is 8.42 Å². The van der Waals surface area contributed by atoms with Gasteiger partial charge in [-0.2, -0.15) is 4.31 Å². The van der Waals surface area contributed by atoms with Crippen LogP contribution in [-0.4, -0.2) is 45.5 Å². The van der Waals surface area contributed by atoms with Gasteiger partial charge in [0.05, 0.1) is 4.90 Å². The third-order valence-corrected chi connectivity index (χ3v) is 5.42. The molecule has 0 aliphatic heterocycles. The normalized spacial score (nSPS) is 15.4. The van der Waals surface area contributed by atoms with Gasteiger partial charge in [0.1, 0.15) is 12.4 Å². The van der Waals surface area contributed by atoms with Crippen LogP contribution in [0, 0.1) is 0 Å². The van der Waals surface area contributed by atoms with Gasteiger partial charge >= 0.3 is 0 Å². The summed E-state index contributed by atoms with van der Waals surface area (Å²) in [6.07, 6.45) is 2.79. The first-order chi connectivity index (χ1) is 10.1. The average molecular weight is 312 g/mol. The maximum atomic E-state index is 12.7. The predicted molar refractivity (Wildman–Crippen MR) is 83.1 cm³/mol. The molecule has 1 aliphatic rings. The zero-order valence-electron chi connectivity index (χ0n) is 12.7. The van der Waals surface area contributed by atoms with Crippen LogP contribution in [0.25, 0.3) is 0 Å². The minimum Gasteiger partial charge on any atom is -0.492 e. The summed E-state index contributed by atoms with van der Waals surface area (Å²) in [5, 5.41) is 2.99. The molecule has 1 aliphatic carbocycles. The van der Waals surface area contributed by atoms with Crippen LogP contribution < -0.4 is 10.1 Å². The van der Waals surface area contributed by atoms with Crippen molar-refractivity contribution in [2.24, 2.45) is 0 Å². The van der Waals surface area contributed by atoms with Gasteiger partial charge in [-0.05, 0) is 50.6 Å². The fourth-order valence-corrected chi connectivity index (χ4v) is 3.97. The first-order valence-corrected chi connectivity index (χ1v) is 8.93. The molecule has 1 aromatic rings. The molecule has 1 saturated carbocycles. The van der Waals surface area contributed by atoms with Crippen molar-refractivity contribution in [2.45, 2.75) is 37.1 Å². The molecule has 1 fully saturated rings. The van der Waals surface area contributed by atoms with E-state index in [2.05, 4.69) is 5.32 Å². The molecule has 1 N–H and O–H groups in total. The van der Waals surface area contributed by atoms with Crippen molar-refractivity contribution in [1.82, 2.24) is 9.62 Å². The quantitative estimate of drug-likeness (QED) is 0.707. The molecular weight excluding hydrogens is 288 g/mol. The smallest absolute Gasteiger partial charge is 0.243 e. The number of hydrogen-bond acceptors (Lipinski definition) is 4. The van der Waals surface area contributed by atoms with E-state index in [4.69, 9.17) is 4.74 Å². The maximum absolute atomic E-state index is 12.7. The highest BCUT2D eigenvalue weighted by molar-refractivity contribution is 7.89. The summed E-state index contributed by atoms with van der Waals surface area (Å²) in [4.78, 5) is 0.351. The van der Waals surface area contributed by atoms with Crippen molar-refractivity contribution >= 4 is 10.0 Å². The number of sulfonamides is 1. The summed E-state index contributed by atoms with van der Waals surface area (Å²) in [6.45, 7) is 3.91. The minimum atomic E-state index is -3.38. The number of rotatable bonds is 9. The van der Waals surface area contributed by atoms with Crippen molar-refractivity contribution in [3.05, 3.63) is 24.3 Å². The van der Waals surface area contributed by atoms with Gasteiger partial charge in [0, 0.05) is 19.1 Å². The maximum Gasteiger partial charge on any atom is 0.243 e. The third kappa shape index (κ3) is 4.18. The van der Waals surface area contributed by atoms with Crippen molar-refractivity contribution < 1.29 is 13.2 Å². The first-order valence-electron chi connectivity index (χ1n) is 7.49. The highest BCUT2D eigenvalue weighted by atomic mass is 32.2. The van der Waals surface area contributed by atoms with Gasteiger partial charge in [-0.15, -0.1) is 0 Å². The predicted octanol–water partition coefficient (Wildman–Crippen LogP) is 1.85. The lowest BCUT2D eigenvalue weighted by Crippen LogP contribution is -2.33. The van der Waals surface area contributed by atoms with Crippen LogP contribution in [0.3, 0.4) is 0 Å². The molecule has 0 saturated heterocycles. The van der Waals surface area contributed by atoms with Gasteiger partial charge in [-0.1, -0.05) is 6.92 Å². The Hall–Kier alpha value is -1.11. The number of nitrogens with zero attached hydrogens (tertiary/aromatic N) is 1. The molecule has 0 radical (unpaired) electrons. The summed E-state index contributed by atoms with van der Waals surface area (Å²) in [6, 6.07) is 6.91. The lowest BCUT2D eigenvalue weighted by atomic mass is 10.3. The van der Waals surface area contributed by atoms with Crippen LogP contribution in [0.2, 0.25) is 0 Å². The van der Waals surface area contributed by atoms with Gasteiger partial charge in [0.15, 0.2) is 0 Å². The molecule has 0 amide bonds. The van der Waals surface area contributed by atoms with Gasteiger partial charge in [-0.25, -0.2) is 8.42 Å². The Kier molecular flexibility index (Phi) is 5.61. The molecule has 0 aromatic heterocycles. The zero-order chi connectivity index (χ0) is 15.3. The Morgan fingerprint density at radius 1 is 1.29 bits per heavy atom. The van der Waals surface area contributed by atoms with Gasteiger partial charge in [0.2, 0.25) is 10.0 Å². The highest BCUT2D eigenvalue weighted by Crippen LogP contribution is 2.32. The molecule has 6 heteroatoms. The molecule has 1 aromatic carbocycles. The number of ether oxygens (including phenoxy) is 1. The van der Waals surface area contributed by atoms with Crippen molar-refractivity contribution in [3.63, 3.8) is 0 Å². The van der Waals surface area contributed by atoms with Crippen LogP contribution in [0.1, 0.15) is 26.2 Å². The molecule has 118 valence electrons. The van der Waals surface area contributed by atoms with E-state index in [0.717, 1.165) is 25.8 Å². The van der Waals surface area contributed by atoms with Gasteiger partial charge in [0.25, 0.3) is 0 Å². The Labute approximate surface area is 127 Å². The summed E-state index contributed by atoms with van der Waals surface area (Å²) in [5.41, 5.74) is 0. The summed E-state index contributed by atoms with van der Waals surface area (Å²) < 4.78 is 32.5. The lowest BCUT2D eigenvalue weighted by Gasteiger charge is -2.21. The minimum absolute atomic E-state index is 0.196. The highest BCUT2D eigenvalue weighted by Gasteiger charge is 2.37. The van der Waals surface area contributed by atoms with Gasteiger partial charge in [-0.3, -0.25) is 0 Å². The van der Waals surface area contributed by atoms with Crippen LogP contribution in [0.5, 0.6) is 5.75 Å². The molecule has 0 heterocycles. The summed E-state index contributed by atoms with van der Waals surface area (Å²) in [5.74, 6) is 0.692.